The zero-order valence-electron chi connectivity index (χ0n) is 58.9. The molecule has 494 valence electrons. The first-order chi connectivity index (χ1) is 50.5. The van der Waals surface area contributed by atoms with E-state index in [1.807, 2.05) is 0 Å². The summed E-state index contributed by atoms with van der Waals surface area (Å²) in [5, 5.41) is 4.39. The molecule has 1 aliphatic rings. The number of para-hydroxylation sites is 4. The van der Waals surface area contributed by atoms with E-state index in [4.69, 9.17) is 0 Å². The van der Waals surface area contributed by atoms with Crippen molar-refractivity contribution < 1.29 is 0 Å². The molecule has 4 nitrogen and oxygen atoms in total. The number of fused-ring (bicyclic) bond motifs is 5. The smallest absolute Gasteiger partial charge is 0.0621 e. The third kappa shape index (κ3) is 11.7. The molecule has 0 heterocycles. The highest BCUT2D eigenvalue weighted by molar-refractivity contribution is 6.26. The molecule has 16 aromatic rings. The number of hydrogen-bond acceptors (Lipinski definition) is 4. The van der Waals surface area contributed by atoms with Crippen LogP contribution in [0.5, 0.6) is 0 Å². The molecule has 0 N–H and O–H groups in total. The third-order valence-electron chi connectivity index (χ3n) is 20.9. The summed E-state index contributed by atoms with van der Waals surface area (Å²) in [6.07, 6.45) is 0. The van der Waals surface area contributed by atoms with E-state index in [9.17, 15) is 0 Å². The number of aryl methyl sites for hydroxylation is 4. The molecule has 1 aliphatic carbocycles. The van der Waals surface area contributed by atoms with Crippen molar-refractivity contribution in [3.63, 3.8) is 0 Å². The number of rotatable bonds is 16. The second-order valence-electron chi connectivity index (χ2n) is 27.9. The SMILES string of the molecule is Cc1ccc(N(c2ccc3c(c2)C(C)(C)c2cc4c(N(c5ccc(C)cc5)c5ccccc5-c5ccccc5)c5ccc(N(c6ccc(C)cc6)c6ccccc6-c6ccccc6)cc5c(N(c5ccc(C)cc5)c5ccccc5-c5ccccc5)c4cc2-3)c2ccccc2-c2ccccc2)cc1. The summed E-state index contributed by atoms with van der Waals surface area (Å²) < 4.78 is 0. The van der Waals surface area contributed by atoms with E-state index in [-0.39, 0.29) is 0 Å². The van der Waals surface area contributed by atoms with Crippen molar-refractivity contribution in [3.05, 3.63) is 397 Å². The molecule has 0 radical (unpaired) electrons. The number of nitrogens with zero attached hydrogens (tertiary/aromatic N) is 4. The minimum absolute atomic E-state index is 0.489. The molecule has 16 aromatic carbocycles. The van der Waals surface area contributed by atoms with Gasteiger partial charge in [-0.3, -0.25) is 0 Å². The van der Waals surface area contributed by atoms with E-state index in [1.165, 1.54) is 50.1 Å². The summed E-state index contributed by atoms with van der Waals surface area (Å²) in [7, 11) is 0. The van der Waals surface area contributed by atoms with Crippen molar-refractivity contribution in [2.45, 2.75) is 47.0 Å². The molecule has 0 saturated carbocycles. The maximum Gasteiger partial charge on any atom is 0.0621 e. The first-order valence-electron chi connectivity index (χ1n) is 35.8. The molecule has 17 rings (SSSR count). The van der Waals surface area contributed by atoms with Gasteiger partial charge in [0, 0.05) is 83.3 Å². The van der Waals surface area contributed by atoms with Crippen molar-refractivity contribution in [3.8, 4) is 55.6 Å². The number of hydrogen-bond donors (Lipinski definition) is 0. The largest absolute Gasteiger partial charge is 0.310 e. The fraction of sp³-hybridized carbons (Fsp3) is 0.0707. The van der Waals surface area contributed by atoms with E-state index in [2.05, 4.69) is 425 Å². The van der Waals surface area contributed by atoms with E-state index in [1.54, 1.807) is 0 Å². The summed E-state index contributed by atoms with van der Waals surface area (Å²) in [6, 6.07) is 135. The van der Waals surface area contributed by atoms with Gasteiger partial charge in [-0.25, -0.2) is 0 Å². The van der Waals surface area contributed by atoms with Crippen LogP contribution in [0.1, 0.15) is 47.2 Å². The van der Waals surface area contributed by atoms with Crippen LogP contribution in [0.3, 0.4) is 0 Å². The lowest BCUT2D eigenvalue weighted by atomic mass is 9.81. The molecule has 0 atom stereocenters. The molecule has 0 fully saturated rings. The van der Waals surface area contributed by atoms with Gasteiger partial charge in [0.1, 0.15) is 0 Å². The monoisotopic (exact) mass is 1320 g/mol. The fourth-order valence-corrected chi connectivity index (χ4v) is 15.7. The average molecular weight is 1320 g/mol. The molecule has 0 unspecified atom stereocenters. The van der Waals surface area contributed by atoms with Crippen LogP contribution >= 0.6 is 0 Å². The molecule has 0 amide bonds. The third-order valence-corrected chi connectivity index (χ3v) is 20.9. The maximum atomic E-state index is 2.59. The minimum Gasteiger partial charge on any atom is -0.310 e. The summed E-state index contributed by atoms with van der Waals surface area (Å²) in [5.74, 6) is 0. The van der Waals surface area contributed by atoms with Gasteiger partial charge in [-0.1, -0.05) is 291 Å². The van der Waals surface area contributed by atoms with Gasteiger partial charge in [0.15, 0.2) is 0 Å². The molecular formula is C99H78N4. The summed E-state index contributed by atoms with van der Waals surface area (Å²) >= 11 is 0. The van der Waals surface area contributed by atoms with Crippen molar-refractivity contribution in [1.29, 1.82) is 0 Å². The first kappa shape index (κ1) is 63.7. The van der Waals surface area contributed by atoms with Crippen molar-refractivity contribution in [1.82, 2.24) is 0 Å². The second kappa shape index (κ2) is 26.7. The van der Waals surface area contributed by atoms with Gasteiger partial charge in [-0.15, -0.1) is 0 Å². The highest BCUT2D eigenvalue weighted by Gasteiger charge is 2.39. The Kier molecular flexibility index (Phi) is 16.5. The molecule has 0 aromatic heterocycles. The molecule has 4 heteroatoms. The standard InChI is InChI=1S/C99H78N4/c1-67-43-51-75(52-44-67)100(93-39-23-19-35-81(93)71-27-11-7-12-28-71)79-60-62-86-88(63-79)98(103(78-57-49-70(4)50-58-78)96-42-26-22-38-84(96)74-33-17-10-18-34-74)89-65-87-85-61-59-80(101(76-53-45-68(2)46-54-76)94-40-24-20-36-82(94)72-29-13-8-14-30-72)64-91(85)99(5,6)92(87)66-90(89)97(86)102(77-55-47-69(3)48-56-77)95-41-25-21-37-83(95)73-31-15-9-16-32-73/h7-66H,1-6H3. The molecule has 0 saturated heterocycles. The highest BCUT2D eigenvalue weighted by atomic mass is 15.2. The van der Waals surface area contributed by atoms with E-state index >= 15 is 0 Å². The fourth-order valence-electron chi connectivity index (χ4n) is 15.7. The van der Waals surface area contributed by atoms with Crippen molar-refractivity contribution in [2.75, 3.05) is 19.6 Å². The zero-order chi connectivity index (χ0) is 69.7. The predicted octanol–water partition coefficient (Wildman–Crippen LogP) is 28.1. The van der Waals surface area contributed by atoms with Gasteiger partial charge in [0.25, 0.3) is 0 Å². The van der Waals surface area contributed by atoms with Crippen LogP contribution in [-0.4, -0.2) is 0 Å². The summed E-state index contributed by atoms with van der Waals surface area (Å²) in [5.41, 5.74) is 31.2. The van der Waals surface area contributed by atoms with E-state index in [0.29, 0.717) is 0 Å². The first-order valence-corrected chi connectivity index (χ1v) is 35.8. The minimum atomic E-state index is -0.489. The van der Waals surface area contributed by atoms with Crippen LogP contribution in [0.4, 0.5) is 68.2 Å². The predicted molar refractivity (Wildman–Crippen MR) is 438 cm³/mol. The summed E-state index contributed by atoms with van der Waals surface area (Å²) in [6.45, 7) is 13.6. The molecular weight excluding hydrogens is 1250 g/mol. The van der Waals surface area contributed by atoms with Crippen molar-refractivity contribution in [2.24, 2.45) is 0 Å². The average Bonchev–Trinajstić information content (AvgIpc) is 1.56. The van der Waals surface area contributed by atoms with Crippen LogP contribution in [0.15, 0.2) is 364 Å². The lowest BCUT2D eigenvalue weighted by Crippen LogP contribution is -2.18. The van der Waals surface area contributed by atoms with Gasteiger partial charge in [0.05, 0.1) is 34.1 Å². The maximum absolute atomic E-state index is 2.59. The molecule has 0 aliphatic heterocycles. The van der Waals surface area contributed by atoms with Crippen LogP contribution in [-0.2, 0) is 5.41 Å². The van der Waals surface area contributed by atoms with Crippen LogP contribution < -0.4 is 19.6 Å². The Morgan fingerprint density at radius 3 is 0.845 bits per heavy atom. The van der Waals surface area contributed by atoms with Crippen LogP contribution in [0, 0.1) is 27.7 Å². The van der Waals surface area contributed by atoms with Crippen LogP contribution in [0.2, 0.25) is 0 Å². The molecule has 0 bridgehead atoms. The number of anilines is 12. The Morgan fingerprint density at radius 2 is 0.466 bits per heavy atom. The summed E-state index contributed by atoms with van der Waals surface area (Å²) in [4.78, 5) is 10.1. The zero-order valence-corrected chi connectivity index (χ0v) is 58.9. The van der Waals surface area contributed by atoms with Crippen molar-refractivity contribution >= 4 is 89.8 Å². The quantitative estimate of drug-likeness (QED) is 0.0706. The van der Waals surface area contributed by atoms with Gasteiger partial charge in [-0.2, -0.15) is 0 Å². The van der Waals surface area contributed by atoms with Gasteiger partial charge < -0.3 is 19.6 Å². The van der Waals surface area contributed by atoms with Gasteiger partial charge >= 0.3 is 0 Å². The number of benzene rings is 16. The second-order valence-corrected chi connectivity index (χ2v) is 27.9. The van der Waals surface area contributed by atoms with E-state index < -0.39 is 5.41 Å². The topological polar surface area (TPSA) is 13.0 Å². The normalized spacial score (nSPS) is 12.1. The Bertz CT molecular complexity index is 5790. The van der Waals surface area contributed by atoms with Crippen LogP contribution in [0.25, 0.3) is 77.2 Å². The Labute approximate surface area is 605 Å². The lowest BCUT2D eigenvalue weighted by Gasteiger charge is -2.35. The highest BCUT2D eigenvalue weighted by Crippen LogP contribution is 2.59. The Morgan fingerprint density at radius 1 is 0.194 bits per heavy atom. The van der Waals surface area contributed by atoms with Gasteiger partial charge in [0.2, 0.25) is 0 Å². The van der Waals surface area contributed by atoms with Gasteiger partial charge in [-0.05, 0) is 181 Å². The molecule has 0 spiro atoms. The Hall–Kier alpha value is -12.8. The molecule has 103 heavy (non-hydrogen) atoms. The lowest BCUT2D eigenvalue weighted by molar-refractivity contribution is 0.661. The Balaban J connectivity index is 1.03. The van der Waals surface area contributed by atoms with E-state index in [0.717, 1.165) is 129 Å².